The molecule has 0 aromatic heterocycles. The van der Waals surface area contributed by atoms with E-state index in [1.165, 1.54) is 24.3 Å². The number of rotatable bonds is 5. The molecule has 3 N–H and O–H groups in total. The van der Waals surface area contributed by atoms with Crippen LogP contribution in [0.25, 0.3) is 0 Å². The van der Waals surface area contributed by atoms with Gasteiger partial charge in [0.15, 0.2) is 0 Å². The molecule has 134 valence electrons. The van der Waals surface area contributed by atoms with E-state index in [-0.39, 0.29) is 29.3 Å². The van der Waals surface area contributed by atoms with Crippen LogP contribution in [0.4, 0.5) is 0 Å². The fourth-order valence-corrected chi connectivity index (χ4v) is 4.02. The van der Waals surface area contributed by atoms with Gasteiger partial charge in [0.05, 0.1) is 17.5 Å². The molecular weight excluding hydrogens is 342 g/mol. The molecule has 2 heterocycles. The van der Waals surface area contributed by atoms with Crippen LogP contribution in [-0.2, 0) is 4.79 Å². The molecule has 0 spiro atoms. The summed E-state index contributed by atoms with van der Waals surface area (Å²) < 4.78 is 0. The lowest BCUT2D eigenvalue weighted by atomic mass is 10.0. The fourth-order valence-electron chi connectivity index (χ4n) is 3.06. The summed E-state index contributed by atoms with van der Waals surface area (Å²) in [6.07, 6.45) is 0.720. The normalized spacial score (nSPS) is 22.8. The van der Waals surface area contributed by atoms with Gasteiger partial charge in [-0.1, -0.05) is 0 Å². The Balaban J connectivity index is 1.46. The number of hydrogen-bond acceptors (Lipinski definition) is 5. The number of nitrogens with one attached hydrogen (secondary N) is 2. The molecule has 2 aliphatic heterocycles. The first-order chi connectivity index (χ1) is 12.0. The summed E-state index contributed by atoms with van der Waals surface area (Å²) in [4.78, 5) is 37.2. The van der Waals surface area contributed by atoms with Crippen molar-refractivity contribution in [3.63, 3.8) is 0 Å². The first-order valence-corrected chi connectivity index (χ1v) is 9.41. The third-order valence-corrected chi connectivity index (χ3v) is 5.50. The second-order valence-corrected chi connectivity index (χ2v) is 7.37. The molecule has 25 heavy (non-hydrogen) atoms. The number of carbonyl (C=O) groups excluding carboxylic acids is 2. The van der Waals surface area contributed by atoms with Crippen molar-refractivity contribution in [2.75, 3.05) is 31.3 Å². The van der Waals surface area contributed by atoms with E-state index in [1.54, 1.807) is 11.8 Å². The Morgan fingerprint density at radius 3 is 2.60 bits per heavy atom. The predicted octanol–water partition coefficient (Wildman–Crippen LogP) is 0.626. The highest BCUT2D eigenvalue weighted by Crippen LogP contribution is 2.20. The Kier molecular flexibility index (Phi) is 5.60. The van der Waals surface area contributed by atoms with Gasteiger partial charge in [-0.05, 0) is 36.6 Å². The first kappa shape index (κ1) is 17.8. The van der Waals surface area contributed by atoms with Gasteiger partial charge in [-0.15, -0.1) is 11.8 Å². The maximum Gasteiger partial charge on any atom is 0.335 e. The van der Waals surface area contributed by atoms with Crippen LogP contribution >= 0.6 is 11.8 Å². The minimum absolute atomic E-state index is 0.151. The Morgan fingerprint density at radius 1 is 1.24 bits per heavy atom. The Labute approximate surface area is 150 Å². The summed E-state index contributed by atoms with van der Waals surface area (Å²) in [7, 11) is 0. The zero-order valence-corrected chi connectivity index (χ0v) is 14.6. The van der Waals surface area contributed by atoms with Crippen molar-refractivity contribution in [1.82, 2.24) is 15.5 Å². The highest BCUT2D eigenvalue weighted by Gasteiger charge is 2.33. The largest absolute Gasteiger partial charge is 0.478 e. The summed E-state index contributed by atoms with van der Waals surface area (Å²) in [5.74, 6) is 0.886. The number of carbonyl (C=O) groups is 3. The van der Waals surface area contributed by atoms with E-state index in [4.69, 9.17) is 5.11 Å². The number of hydrogen-bond donors (Lipinski definition) is 3. The van der Waals surface area contributed by atoms with E-state index in [1.807, 2.05) is 4.90 Å². The number of carboxylic acids is 1. The summed E-state index contributed by atoms with van der Waals surface area (Å²) in [5.41, 5.74) is 0.579. The van der Waals surface area contributed by atoms with E-state index in [0.29, 0.717) is 18.7 Å². The summed E-state index contributed by atoms with van der Waals surface area (Å²) >= 11 is 1.77. The van der Waals surface area contributed by atoms with Crippen molar-refractivity contribution in [3.05, 3.63) is 35.4 Å². The van der Waals surface area contributed by atoms with Crippen LogP contribution in [-0.4, -0.2) is 65.1 Å². The number of nitrogens with zero attached hydrogens (tertiary/aromatic N) is 1. The second-order valence-electron chi connectivity index (χ2n) is 6.29. The second kappa shape index (κ2) is 7.88. The summed E-state index contributed by atoms with van der Waals surface area (Å²) in [6, 6.07) is 5.68. The number of carboxylic acid groups (broad SMARTS) is 1. The number of amides is 2. The molecule has 2 aliphatic rings. The molecule has 8 heteroatoms. The molecule has 1 aromatic rings. The minimum atomic E-state index is -1.02. The molecule has 2 amide bonds. The van der Waals surface area contributed by atoms with Crippen LogP contribution in [0.5, 0.6) is 0 Å². The predicted molar refractivity (Wildman–Crippen MR) is 94.7 cm³/mol. The lowest BCUT2D eigenvalue weighted by molar-refractivity contribution is -0.131. The lowest BCUT2D eigenvalue weighted by Gasteiger charge is -2.19. The van der Waals surface area contributed by atoms with Crippen LogP contribution in [0.1, 0.15) is 27.1 Å². The van der Waals surface area contributed by atoms with Crippen molar-refractivity contribution in [1.29, 1.82) is 0 Å². The van der Waals surface area contributed by atoms with Crippen molar-refractivity contribution in [2.45, 2.75) is 12.5 Å². The van der Waals surface area contributed by atoms with E-state index in [2.05, 4.69) is 10.6 Å². The molecule has 0 bridgehead atoms. The van der Waals surface area contributed by atoms with Crippen molar-refractivity contribution < 1.29 is 19.5 Å². The molecule has 0 aliphatic carbocycles. The Morgan fingerprint density at radius 2 is 1.96 bits per heavy atom. The highest BCUT2D eigenvalue weighted by molar-refractivity contribution is 7.99. The average Bonchev–Trinajstić information content (AvgIpc) is 3.31. The third kappa shape index (κ3) is 4.32. The Hall–Kier alpha value is -2.06. The topological polar surface area (TPSA) is 98.7 Å². The average molecular weight is 363 g/mol. The maximum atomic E-state index is 12.4. The van der Waals surface area contributed by atoms with Crippen molar-refractivity contribution >= 4 is 29.5 Å². The van der Waals surface area contributed by atoms with Crippen LogP contribution in [0, 0.1) is 5.92 Å². The maximum absolute atomic E-state index is 12.4. The molecule has 7 nitrogen and oxygen atoms in total. The molecule has 0 radical (unpaired) electrons. The minimum Gasteiger partial charge on any atom is -0.478 e. The van der Waals surface area contributed by atoms with Gasteiger partial charge in [0.2, 0.25) is 5.91 Å². The summed E-state index contributed by atoms with van der Waals surface area (Å²) in [6.45, 7) is 2.01. The van der Waals surface area contributed by atoms with Crippen LogP contribution in [0.3, 0.4) is 0 Å². The van der Waals surface area contributed by atoms with Crippen LogP contribution < -0.4 is 10.6 Å². The highest BCUT2D eigenvalue weighted by atomic mass is 32.2. The standard InChI is InChI=1S/C17H21N3O4S/c21-15(12-1-3-13(4-2-12)17(23)24)19-9-11-7-14(18-8-11)16(22)20-5-6-25-10-20/h1-4,11,14,18H,5-10H2,(H,19,21)(H,23,24)/t11-,14-/m0/s1. The first-order valence-electron chi connectivity index (χ1n) is 8.26. The van der Waals surface area contributed by atoms with E-state index < -0.39 is 5.97 Å². The Bertz CT molecular complexity index is 658. The third-order valence-electron chi connectivity index (χ3n) is 4.53. The summed E-state index contributed by atoms with van der Waals surface area (Å²) in [5, 5.41) is 15.0. The molecular formula is C17H21N3O4S. The molecule has 0 saturated carbocycles. The van der Waals surface area contributed by atoms with Gasteiger partial charge in [-0.25, -0.2) is 4.79 Å². The van der Waals surface area contributed by atoms with Gasteiger partial charge < -0.3 is 20.6 Å². The number of thioether (sulfide) groups is 1. The molecule has 0 unspecified atom stereocenters. The van der Waals surface area contributed by atoms with Gasteiger partial charge in [0, 0.05) is 31.0 Å². The van der Waals surface area contributed by atoms with Crippen LogP contribution in [0.15, 0.2) is 24.3 Å². The van der Waals surface area contributed by atoms with Crippen LogP contribution in [0.2, 0.25) is 0 Å². The molecule has 1 aromatic carbocycles. The van der Waals surface area contributed by atoms with E-state index >= 15 is 0 Å². The molecule has 2 saturated heterocycles. The SMILES string of the molecule is O=C(O)c1ccc(C(=O)NC[C@@H]2CN[C@H](C(=O)N3CCSC3)C2)cc1. The van der Waals surface area contributed by atoms with E-state index in [9.17, 15) is 14.4 Å². The molecule has 3 rings (SSSR count). The van der Waals surface area contributed by atoms with Gasteiger partial charge in [0.25, 0.3) is 5.91 Å². The van der Waals surface area contributed by atoms with Gasteiger partial charge >= 0.3 is 5.97 Å². The molecule has 2 atom stereocenters. The van der Waals surface area contributed by atoms with Gasteiger partial charge in [0.1, 0.15) is 0 Å². The zero-order chi connectivity index (χ0) is 17.8. The van der Waals surface area contributed by atoms with Crippen molar-refractivity contribution in [3.8, 4) is 0 Å². The van der Waals surface area contributed by atoms with E-state index in [0.717, 1.165) is 24.6 Å². The monoisotopic (exact) mass is 363 g/mol. The van der Waals surface area contributed by atoms with Gasteiger partial charge in [-0.2, -0.15) is 0 Å². The fraction of sp³-hybridized carbons (Fsp3) is 0.471. The lowest BCUT2D eigenvalue weighted by Crippen LogP contribution is -2.42. The smallest absolute Gasteiger partial charge is 0.335 e. The number of aromatic carboxylic acids is 1. The quantitative estimate of drug-likeness (QED) is 0.710. The van der Waals surface area contributed by atoms with Crippen molar-refractivity contribution in [2.24, 2.45) is 5.92 Å². The molecule has 2 fully saturated rings. The zero-order valence-electron chi connectivity index (χ0n) is 13.7. The number of benzene rings is 1. The van der Waals surface area contributed by atoms with Gasteiger partial charge in [-0.3, -0.25) is 9.59 Å².